The van der Waals surface area contributed by atoms with Gasteiger partial charge in [0.2, 0.25) is 0 Å². The van der Waals surface area contributed by atoms with Crippen LogP contribution in [0.25, 0.3) is 0 Å². The van der Waals surface area contributed by atoms with Crippen molar-refractivity contribution in [2.45, 2.75) is 165 Å². The summed E-state index contributed by atoms with van der Waals surface area (Å²) in [5.74, 6) is -2.14. The summed E-state index contributed by atoms with van der Waals surface area (Å²) in [5.41, 5.74) is -1.47. The highest BCUT2D eigenvalue weighted by Crippen LogP contribution is 2.37. The van der Waals surface area contributed by atoms with E-state index in [1.54, 1.807) is 71.8 Å². The number of carbonyl (C=O) groups is 3. The predicted octanol–water partition coefficient (Wildman–Crippen LogP) is 1.81. The van der Waals surface area contributed by atoms with Crippen molar-refractivity contribution in [1.82, 2.24) is 4.90 Å². The largest absolute Gasteiger partial charge is 0.462 e. The molecule has 0 saturated carbocycles. The Hall–Kier alpha value is -2.31. The van der Waals surface area contributed by atoms with Gasteiger partial charge in [-0.3, -0.25) is 9.59 Å². The number of hydrogen-bond donors (Lipinski definition) is 4. The molecule has 53 heavy (non-hydrogen) atoms. The van der Waals surface area contributed by atoms with E-state index in [-0.39, 0.29) is 31.6 Å². The second-order valence-corrected chi connectivity index (χ2v) is 15.1. The van der Waals surface area contributed by atoms with Crippen molar-refractivity contribution in [1.29, 1.82) is 0 Å². The van der Waals surface area contributed by atoms with Gasteiger partial charge in [-0.2, -0.15) is 0 Å². The van der Waals surface area contributed by atoms with Gasteiger partial charge in [0.25, 0.3) is 0 Å². The van der Waals surface area contributed by atoms with Gasteiger partial charge in [-0.15, -0.1) is 0 Å². The maximum Gasteiger partial charge on any atom is 0.308 e. The summed E-state index contributed by atoms with van der Waals surface area (Å²) in [4.78, 5) is 38.8. The lowest BCUT2D eigenvalue weighted by Gasteiger charge is -2.50. The third kappa shape index (κ3) is 12.3. The number of carbonyl (C=O) groups excluding carboxylic acids is 3. The zero-order valence-electron chi connectivity index (χ0n) is 32.6. The standard InChI is InChI=1S/C38H63NO14/c1-10-28(43)51-36-24(5)49-30(20-38(36,6)46)52-33-23(4)50-37(32(45)31(33)39(7)8)53-34-25(16-17-40)18-21(2)26(41)15-13-11-12-14-22(3)48-29(44)19-27(42)35(34)47-9/h11-13,15,17,21-27,30-37,41-42,45-46H,10,14,16,18-20H2,1-9H3/b12-11+,15-13+/t21-,22-,23-,24+,25+,26+,27+,30+,31-,32-,33-,34+,35+,36+,37+,38-/m1/s1. The summed E-state index contributed by atoms with van der Waals surface area (Å²) < 4.78 is 42.1. The molecular weight excluding hydrogens is 694 g/mol. The molecule has 0 spiro atoms. The van der Waals surface area contributed by atoms with Gasteiger partial charge in [-0.25, -0.2) is 0 Å². The molecule has 0 amide bonds. The summed E-state index contributed by atoms with van der Waals surface area (Å²) in [6.45, 7) is 10.2. The monoisotopic (exact) mass is 757 g/mol. The minimum absolute atomic E-state index is 0.0298. The normalized spacial score (nSPS) is 43.4. The van der Waals surface area contributed by atoms with Gasteiger partial charge >= 0.3 is 11.9 Å². The molecule has 0 unspecified atom stereocenters. The molecule has 3 aliphatic heterocycles. The highest BCUT2D eigenvalue weighted by Gasteiger charge is 2.52. The molecule has 0 aromatic rings. The van der Waals surface area contributed by atoms with Gasteiger partial charge in [-0.05, 0) is 60.0 Å². The lowest BCUT2D eigenvalue weighted by molar-refractivity contribution is -0.344. The highest BCUT2D eigenvalue weighted by molar-refractivity contribution is 5.70. The van der Waals surface area contributed by atoms with Crippen molar-refractivity contribution < 1.29 is 68.0 Å². The van der Waals surface area contributed by atoms with Crippen LogP contribution >= 0.6 is 0 Å². The number of aliphatic hydroxyl groups is 4. The fourth-order valence-corrected chi connectivity index (χ4v) is 7.48. The maximum absolute atomic E-state index is 12.9. The van der Waals surface area contributed by atoms with Crippen molar-refractivity contribution in [2.75, 3.05) is 21.2 Å². The predicted molar refractivity (Wildman–Crippen MR) is 191 cm³/mol. The third-order valence-electron chi connectivity index (χ3n) is 10.3. The zero-order valence-corrected chi connectivity index (χ0v) is 32.6. The van der Waals surface area contributed by atoms with Crippen LogP contribution in [-0.2, 0) is 47.5 Å². The first-order chi connectivity index (χ1) is 24.9. The van der Waals surface area contributed by atoms with Crippen molar-refractivity contribution in [3.63, 3.8) is 0 Å². The Morgan fingerprint density at radius 3 is 2.34 bits per heavy atom. The fraction of sp³-hybridized carbons (Fsp3) is 0.816. The minimum atomic E-state index is -1.47. The van der Waals surface area contributed by atoms with Crippen LogP contribution in [0.5, 0.6) is 0 Å². The van der Waals surface area contributed by atoms with Gasteiger partial charge in [0.05, 0.1) is 43.0 Å². The Kier molecular flexibility index (Phi) is 17.5. The van der Waals surface area contributed by atoms with Crippen LogP contribution in [0.2, 0.25) is 0 Å². The number of cyclic esters (lactones) is 1. The molecule has 304 valence electrons. The number of likely N-dealkylation sites (N-methyl/N-ethyl adjacent to an activating group) is 1. The molecular formula is C38H63NO14. The Morgan fingerprint density at radius 1 is 1.04 bits per heavy atom. The van der Waals surface area contributed by atoms with Crippen LogP contribution < -0.4 is 0 Å². The Morgan fingerprint density at radius 2 is 1.74 bits per heavy atom. The molecule has 15 heteroatoms. The van der Waals surface area contributed by atoms with Crippen LogP contribution in [0.3, 0.4) is 0 Å². The van der Waals surface area contributed by atoms with Crippen LogP contribution in [0.1, 0.15) is 80.1 Å². The number of allylic oxidation sites excluding steroid dienone is 2. The van der Waals surface area contributed by atoms with Crippen LogP contribution in [0, 0.1) is 11.8 Å². The fourth-order valence-electron chi connectivity index (χ4n) is 7.48. The number of rotatable bonds is 10. The van der Waals surface area contributed by atoms with Crippen LogP contribution in [-0.4, -0.2) is 150 Å². The van der Waals surface area contributed by atoms with Crippen molar-refractivity contribution in [3.8, 4) is 0 Å². The van der Waals surface area contributed by atoms with Crippen LogP contribution in [0.4, 0.5) is 0 Å². The van der Waals surface area contributed by atoms with E-state index < -0.39 is 110 Å². The molecule has 3 rings (SSSR count). The number of esters is 2. The summed E-state index contributed by atoms with van der Waals surface area (Å²) in [5, 5.41) is 45.5. The van der Waals surface area contributed by atoms with Crippen LogP contribution in [0.15, 0.2) is 24.3 Å². The Bertz CT molecular complexity index is 1230. The smallest absolute Gasteiger partial charge is 0.308 e. The SMILES string of the molecule is CCC(=O)O[C@H]1[C@H](C)O[C@@H](O[C@H]2[C@H](N(C)C)[C@@H](O)[C@H](O[C@H]3[C@@H](CC=O)C[C@@H](C)[C@@H](O)/C=C/C=C/C[C@@H](C)OC(=O)C[C@H](O)[C@@H]3OC)O[C@@H]2C)C[C@@]1(C)O. The average Bonchev–Trinajstić information content (AvgIpc) is 3.06. The summed E-state index contributed by atoms with van der Waals surface area (Å²) in [6.07, 6.45) is -3.93. The first kappa shape index (κ1) is 45.1. The summed E-state index contributed by atoms with van der Waals surface area (Å²) in [6, 6.07) is -0.750. The first-order valence-electron chi connectivity index (χ1n) is 18.7. The van der Waals surface area contributed by atoms with Gasteiger partial charge in [0.15, 0.2) is 18.7 Å². The topological polar surface area (TPSA) is 200 Å². The molecule has 4 N–H and O–H groups in total. The number of methoxy groups -OCH3 is 1. The average molecular weight is 758 g/mol. The van der Waals surface area contributed by atoms with E-state index in [1.807, 2.05) is 13.0 Å². The molecule has 2 saturated heterocycles. The number of hydrogen-bond acceptors (Lipinski definition) is 15. The molecule has 0 radical (unpaired) electrons. The van der Waals surface area contributed by atoms with E-state index in [1.165, 1.54) is 7.11 Å². The van der Waals surface area contributed by atoms with Gasteiger partial charge in [-0.1, -0.05) is 38.2 Å². The van der Waals surface area contributed by atoms with E-state index in [4.69, 9.17) is 33.2 Å². The van der Waals surface area contributed by atoms with Gasteiger partial charge < -0.3 is 63.3 Å². The van der Waals surface area contributed by atoms with E-state index in [9.17, 15) is 34.8 Å². The molecule has 0 aromatic carbocycles. The van der Waals surface area contributed by atoms with Crippen molar-refractivity contribution in [2.24, 2.45) is 11.8 Å². The molecule has 0 bridgehead atoms. The lowest BCUT2D eigenvalue weighted by atomic mass is 9.82. The van der Waals surface area contributed by atoms with Gasteiger partial charge in [0, 0.05) is 32.8 Å². The number of ether oxygens (including phenoxy) is 7. The zero-order chi connectivity index (χ0) is 39.6. The molecule has 15 nitrogen and oxygen atoms in total. The van der Waals surface area contributed by atoms with E-state index in [0.717, 1.165) is 0 Å². The van der Waals surface area contributed by atoms with Gasteiger partial charge in [0.1, 0.15) is 36.3 Å². The molecule has 2 fully saturated rings. The summed E-state index contributed by atoms with van der Waals surface area (Å²) >= 11 is 0. The first-order valence-corrected chi connectivity index (χ1v) is 18.7. The molecule has 16 atom stereocenters. The van der Waals surface area contributed by atoms with E-state index in [0.29, 0.717) is 12.7 Å². The van der Waals surface area contributed by atoms with Crippen molar-refractivity contribution >= 4 is 18.2 Å². The number of aliphatic hydroxyl groups excluding tert-OH is 3. The third-order valence-corrected chi connectivity index (χ3v) is 10.3. The molecule has 3 aliphatic rings. The van der Waals surface area contributed by atoms with Crippen molar-refractivity contribution in [3.05, 3.63) is 24.3 Å². The lowest BCUT2D eigenvalue weighted by Crippen LogP contribution is -2.66. The quantitative estimate of drug-likeness (QED) is 0.186. The maximum atomic E-state index is 12.9. The molecule has 0 aliphatic carbocycles. The second kappa shape index (κ2) is 20.6. The second-order valence-electron chi connectivity index (χ2n) is 15.1. The minimum Gasteiger partial charge on any atom is -0.462 e. The number of aldehydes is 1. The Balaban J connectivity index is 1.92. The number of nitrogens with zero attached hydrogens (tertiary/aromatic N) is 1. The van der Waals surface area contributed by atoms with E-state index in [2.05, 4.69) is 0 Å². The summed E-state index contributed by atoms with van der Waals surface area (Å²) in [7, 11) is 4.85. The molecule has 3 heterocycles. The molecule has 0 aromatic heterocycles. The highest BCUT2D eigenvalue weighted by atomic mass is 16.7. The van der Waals surface area contributed by atoms with E-state index >= 15 is 0 Å². The Labute approximate surface area is 313 Å².